The highest BCUT2D eigenvalue weighted by Gasteiger charge is 2.19. The van der Waals surface area contributed by atoms with Crippen LogP contribution in [0.5, 0.6) is 5.88 Å². The first kappa shape index (κ1) is 27.2. The van der Waals surface area contributed by atoms with Crippen molar-refractivity contribution in [1.82, 2.24) is 14.5 Å². The van der Waals surface area contributed by atoms with Gasteiger partial charge in [0.15, 0.2) is 0 Å². The summed E-state index contributed by atoms with van der Waals surface area (Å²) in [4.78, 5) is 9.64. The van der Waals surface area contributed by atoms with Crippen molar-refractivity contribution in [2.24, 2.45) is 5.92 Å². The molecule has 6 rings (SSSR count). The molecule has 0 radical (unpaired) electrons. The van der Waals surface area contributed by atoms with E-state index in [4.69, 9.17) is 19.7 Å². The van der Waals surface area contributed by atoms with Gasteiger partial charge in [-0.3, -0.25) is 0 Å². The lowest BCUT2D eigenvalue weighted by Gasteiger charge is -2.12. The average molecular weight is 557 g/mol. The number of methoxy groups -OCH3 is 1. The van der Waals surface area contributed by atoms with Crippen LogP contribution in [0.15, 0.2) is 78.9 Å². The maximum atomic E-state index is 14.3. The molecular formula is C35H29FN4O2. The van der Waals surface area contributed by atoms with Gasteiger partial charge >= 0.3 is 0 Å². The van der Waals surface area contributed by atoms with E-state index in [0.29, 0.717) is 30.4 Å². The standard InChI is InChI=1S/C35H29FN4O2/c1-41-18-17-40-33-7-3-2-5-32(33)38-34(40)21-27-15-16-28(20-26(27)13-11-24-9-10-24)31-6-4-8-35(39-31)42-23-29-14-12-25(22-37)19-30(29)36/h2-8,12,14-16,19-20,24H,9-10,17-18,21,23H2,1H3. The first-order valence-electron chi connectivity index (χ1n) is 14.0. The molecule has 2 aromatic heterocycles. The maximum absolute atomic E-state index is 14.3. The number of hydrogen-bond donors (Lipinski definition) is 0. The first-order valence-corrected chi connectivity index (χ1v) is 14.0. The fourth-order valence-electron chi connectivity index (χ4n) is 4.82. The number of ether oxygens (including phenoxy) is 2. The number of rotatable bonds is 9. The van der Waals surface area contributed by atoms with Gasteiger partial charge in [0, 0.05) is 48.8 Å². The predicted molar refractivity (Wildman–Crippen MR) is 159 cm³/mol. The fraction of sp³-hybridized carbons (Fsp3) is 0.229. The SMILES string of the molecule is COCCn1c(Cc2ccc(-c3cccc(OCc4ccc(C#N)cc4F)n3)cc2C#CC2CC2)nc2ccccc21. The van der Waals surface area contributed by atoms with Crippen LogP contribution in [-0.2, 0) is 24.3 Å². The molecule has 1 saturated carbocycles. The molecule has 7 heteroatoms. The summed E-state index contributed by atoms with van der Waals surface area (Å²) in [6.45, 7) is 1.33. The van der Waals surface area contributed by atoms with Crippen LogP contribution >= 0.6 is 0 Å². The lowest BCUT2D eigenvalue weighted by Crippen LogP contribution is -2.09. The lowest BCUT2D eigenvalue weighted by atomic mass is 9.99. The number of aromatic nitrogens is 3. The second kappa shape index (κ2) is 12.3. The zero-order chi connectivity index (χ0) is 28.9. The van der Waals surface area contributed by atoms with Crippen LogP contribution in [0.1, 0.15) is 40.9 Å². The topological polar surface area (TPSA) is 73.0 Å². The normalized spacial score (nSPS) is 12.5. The number of nitrogens with zero attached hydrogens (tertiary/aromatic N) is 4. The lowest BCUT2D eigenvalue weighted by molar-refractivity contribution is 0.187. The summed E-state index contributed by atoms with van der Waals surface area (Å²) in [7, 11) is 1.71. The quantitative estimate of drug-likeness (QED) is 0.189. The molecule has 2 heterocycles. The third kappa shape index (κ3) is 6.17. The summed E-state index contributed by atoms with van der Waals surface area (Å²) in [6, 6.07) is 26.2. The predicted octanol–water partition coefficient (Wildman–Crippen LogP) is 6.69. The highest BCUT2D eigenvalue weighted by molar-refractivity contribution is 5.76. The van der Waals surface area contributed by atoms with Gasteiger partial charge in [-0.2, -0.15) is 5.26 Å². The summed E-state index contributed by atoms with van der Waals surface area (Å²) in [6.07, 6.45) is 2.94. The van der Waals surface area contributed by atoms with Crippen LogP contribution in [0, 0.1) is 34.9 Å². The van der Waals surface area contributed by atoms with Crippen molar-refractivity contribution < 1.29 is 13.9 Å². The molecule has 0 saturated heterocycles. The average Bonchev–Trinajstić information content (AvgIpc) is 3.79. The maximum Gasteiger partial charge on any atom is 0.214 e. The molecule has 1 aliphatic rings. The van der Waals surface area contributed by atoms with Gasteiger partial charge in [-0.25, -0.2) is 14.4 Å². The Hall–Kier alpha value is -4.98. The molecular weight excluding hydrogens is 527 g/mol. The van der Waals surface area contributed by atoms with Crippen molar-refractivity contribution in [2.45, 2.75) is 32.4 Å². The molecule has 208 valence electrons. The largest absolute Gasteiger partial charge is 0.473 e. The van der Waals surface area contributed by atoms with E-state index in [1.165, 1.54) is 6.07 Å². The molecule has 1 fully saturated rings. The Bertz CT molecular complexity index is 1860. The molecule has 0 spiro atoms. The molecule has 0 aliphatic heterocycles. The molecule has 42 heavy (non-hydrogen) atoms. The summed E-state index contributed by atoms with van der Waals surface area (Å²) in [5, 5.41) is 8.97. The third-order valence-electron chi connectivity index (χ3n) is 7.28. The summed E-state index contributed by atoms with van der Waals surface area (Å²) >= 11 is 0. The molecule has 0 atom stereocenters. The van der Waals surface area contributed by atoms with Crippen molar-refractivity contribution in [2.75, 3.05) is 13.7 Å². The Labute approximate surface area is 244 Å². The summed E-state index contributed by atoms with van der Waals surface area (Å²) in [5.41, 5.74) is 6.40. The number of pyridine rings is 1. The van der Waals surface area contributed by atoms with Crippen LogP contribution < -0.4 is 4.74 Å². The van der Waals surface area contributed by atoms with Crippen molar-refractivity contribution in [3.63, 3.8) is 0 Å². The van der Waals surface area contributed by atoms with E-state index in [1.54, 1.807) is 25.3 Å². The minimum absolute atomic E-state index is 0.00905. The Morgan fingerprint density at radius 1 is 0.976 bits per heavy atom. The summed E-state index contributed by atoms with van der Waals surface area (Å²) in [5.74, 6) is 8.21. The number of hydrogen-bond acceptors (Lipinski definition) is 5. The minimum atomic E-state index is -0.476. The monoisotopic (exact) mass is 556 g/mol. The fourth-order valence-corrected chi connectivity index (χ4v) is 4.82. The van der Waals surface area contributed by atoms with Crippen molar-refractivity contribution in [3.8, 4) is 35.0 Å². The van der Waals surface area contributed by atoms with Crippen molar-refractivity contribution >= 4 is 11.0 Å². The van der Waals surface area contributed by atoms with E-state index < -0.39 is 5.82 Å². The second-order valence-electron chi connectivity index (χ2n) is 10.3. The smallest absolute Gasteiger partial charge is 0.214 e. The molecule has 3 aromatic carbocycles. The molecule has 0 bridgehead atoms. The Morgan fingerprint density at radius 3 is 2.64 bits per heavy atom. The van der Waals surface area contributed by atoms with Gasteiger partial charge in [0.1, 0.15) is 18.2 Å². The van der Waals surface area contributed by atoms with Gasteiger partial charge in [-0.05, 0) is 54.8 Å². The van der Waals surface area contributed by atoms with E-state index in [0.717, 1.165) is 58.6 Å². The van der Waals surface area contributed by atoms with Crippen LogP contribution in [0.2, 0.25) is 0 Å². The molecule has 5 aromatic rings. The molecule has 0 amide bonds. The highest BCUT2D eigenvalue weighted by Crippen LogP contribution is 2.29. The van der Waals surface area contributed by atoms with Crippen molar-refractivity contribution in [3.05, 3.63) is 113 Å². The molecule has 6 nitrogen and oxygen atoms in total. The number of para-hydroxylation sites is 2. The van der Waals surface area contributed by atoms with Gasteiger partial charge in [0.2, 0.25) is 5.88 Å². The van der Waals surface area contributed by atoms with Gasteiger partial charge in [-0.15, -0.1) is 0 Å². The van der Waals surface area contributed by atoms with Crippen LogP contribution in [-0.4, -0.2) is 28.3 Å². The van der Waals surface area contributed by atoms with E-state index in [9.17, 15) is 4.39 Å². The van der Waals surface area contributed by atoms with Crippen molar-refractivity contribution in [1.29, 1.82) is 5.26 Å². The van der Waals surface area contributed by atoms with Gasteiger partial charge < -0.3 is 14.0 Å². The van der Waals surface area contributed by atoms with E-state index in [1.807, 2.05) is 42.5 Å². The second-order valence-corrected chi connectivity index (χ2v) is 10.3. The molecule has 0 N–H and O–H groups in total. The minimum Gasteiger partial charge on any atom is -0.473 e. The first-order chi connectivity index (χ1) is 20.6. The highest BCUT2D eigenvalue weighted by atomic mass is 19.1. The number of nitriles is 1. The number of halogens is 1. The van der Waals surface area contributed by atoms with E-state index >= 15 is 0 Å². The molecule has 0 unspecified atom stereocenters. The third-order valence-corrected chi connectivity index (χ3v) is 7.28. The number of imidazole rings is 1. The Morgan fingerprint density at radius 2 is 1.83 bits per heavy atom. The molecule has 1 aliphatic carbocycles. The van der Waals surface area contributed by atoms with Gasteiger partial charge in [0.25, 0.3) is 0 Å². The Balaban J connectivity index is 1.28. The zero-order valence-electron chi connectivity index (χ0n) is 23.3. The number of fused-ring (bicyclic) bond motifs is 1. The number of benzene rings is 3. The van der Waals surface area contributed by atoms with Gasteiger partial charge in [0.05, 0.1) is 35.0 Å². The van der Waals surface area contributed by atoms with Crippen LogP contribution in [0.4, 0.5) is 4.39 Å². The zero-order valence-corrected chi connectivity index (χ0v) is 23.3. The van der Waals surface area contributed by atoms with E-state index in [2.05, 4.69) is 39.6 Å². The van der Waals surface area contributed by atoms with E-state index in [-0.39, 0.29) is 12.2 Å². The van der Waals surface area contributed by atoms with Crippen LogP contribution in [0.3, 0.4) is 0 Å². The Kier molecular flexibility index (Phi) is 7.94. The van der Waals surface area contributed by atoms with Gasteiger partial charge in [-0.1, -0.05) is 48.2 Å². The summed E-state index contributed by atoms with van der Waals surface area (Å²) < 4.78 is 27.8. The van der Waals surface area contributed by atoms with Crippen LogP contribution in [0.25, 0.3) is 22.3 Å².